The number of carbonyl (C=O) groups excluding carboxylic acids is 3. The van der Waals surface area contributed by atoms with Crippen LogP contribution in [-0.2, 0) is 47.9 Å². The molecule has 270 valence electrons. The van der Waals surface area contributed by atoms with Gasteiger partial charge in [0.15, 0.2) is 9.84 Å². The Morgan fingerprint density at radius 3 is 2.06 bits per heavy atom. The summed E-state index contributed by atoms with van der Waals surface area (Å²) in [6, 6.07) is 4.23. The second kappa shape index (κ2) is 21.1. The first-order valence-electron chi connectivity index (χ1n) is 15.1. The van der Waals surface area contributed by atoms with Gasteiger partial charge in [0.1, 0.15) is 25.4 Å². The number of alkyl carbamates (subject to hydrolysis) is 1. The van der Waals surface area contributed by atoms with Crippen molar-refractivity contribution in [3.8, 4) is 0 Å². The third kappa shape index (κ3) is 14.9. The van der Waals surface area contributed by atoms with Crippen LogP contribution in [0, 0.1) is 16.0 Å². The summed E-state index contributed by atoms with van der Waals surface area (Å²) in [6.07, 6.45) is -0.152. The van der Waals surface area contributed by atoms with Crippen molar-refractivity contribution in [3.05, 3.63) is 34.4 Å². The molecular formula is C28H43N5O14S. The number of carboxylic acids is 1. The van der Waals surface area contributed by atoms with E-state index in [1.54, 1.807) is 0 Å². The number of amides is 3. The highest BCUT2D eigenvalue weighted by Gasteiger charge is 2.61. The summed E-state index contributed by atoms with van der Waals surface area (Å²) >= 11 is 0. The van der Waals surface area contributed by atoms with Gasteiger partial charge in [-0.25, -0.2) is 18.0 Å². The number of non-ortho nitro benzene ring substituents is 1. The standard InChI is InChI=1S/C28H43N5O14S/c29-7-10-43-12-14-45-20-25(35)31-9-11-44-13-15-46-19-24(34)30-8-1-2-21-18-28(21,26(36)37)32-27(38)47-16-17-48(41,42)23-5-3-22(4-6-23)33(39)40/h3-6,21H,1-2,7-20,29H2,(H,30,34)(H,31,35)(H,32,38)(H,36,37)/t21-,28?/m1/s1. The quantitative estimate of drug-likeness (QED) is 0.0438. The van der Waals surface area contributed by atoms with Crippen molar-refractivity contribution in [1.82, 2.24) is 16.0 Å². The lowest BCUT2D eigenvalue weighted by molar-refractivity contribution is -0.384. The van der Waals surface area contributed by atoms with E-state index in [2.05, 4.69) is 16.0 Å². The van der Waals surface area contributed by atoms with Gasteiger partial charge in [0, 0.05) is 31.8 Å². The largest absolute Gasteiger partial charge is 0.479 e. The number of nitro groups is 1. The lowest BCUT2D eigenvalue weighted by atomic mass is 10.1. The zero-order valence-corrected chi connectivity index (χ0v) is 27.2. The fraction of sp³-hybridized carbons (Fsp3) is 0.643. The second-order valence-electron chi connectivity index (χ2n) is 10.5. The molecule has 0 aliphatic heterocycles. The minimum Gasteiger partial charge on any atom is -0.479 e. The SMILES string of the molecule is NCCOCCOCC(=O)NCCOCCOCC(=O)NCCC[C@@H]1CC1(NC(=O)OCCS(=O)(=O)c1ccc([N+](=O)[O-])cc1)C(=O)O. The number of hydrogen-bond acceptors (Lipinski definition) is 14. The van der Waals surface area contributed by atoms with Crippen LogP contribution in [0.1, 0.15) is 19.3 Å². The van der Waals surface area contributed by atoms with E-state index in [-0.39, 0.29) is 81.5 Å². The number of benzene rings is 1. The Labute approximate surface area is 277 Å². The number of sulfone groups is 1. The Bertz CT molecular complexity index is 1310. The van der Waals surface area contributed by atoms with E-state index >= 15 is 0 Å². The van der Waals surface area contributed by atoms with E-state index in [0.717, 1.165) is 24.3 Å². The van der Waals surface area contributed by atoms with Crippen molar-refractivity contribution in [2.24, 2.45) is 11.7 Å². The van der Waals surface area contributed by atoms with E-state index in [1.807, 2.05) is 0 Å². The lowest BCUT2D eigenvalue weighted by Crippen LogP contribution is -2.45. The molecule has 0 radical (unpaired) electrons. The molecule has 0 bridgehead atoms. The van der Waals surface area contributed by atoms with Gasteiger partial charge in [0.05, 0.1) is 55.2 Å². The van der Waals surface area contributed by atoms with Crippen LogP contribution >= 0.6 is 0 Å². The van der Waals surface area contributed by atoms with E-state index in [0.29, 0.717) is 32.6 Å². The summed E-state index contributed by atoms with van der Waals surface area (Å²) in [5, 5.41) is 28.0. The first kappa shape index (κ1) is 40.2. The molecule has 0 aromatic heterocycles. The molecule has 48 heavy (non-hydrogen) atoms. The number of nitrogens with one attached hydrogen (secondary N) is 3. The molecule has 1 aromatic carbocycles. The van der Waals surface area contributed by atoms with Crippen molar-refractivity contribution >= 4 is 39.4 Å². The summed E-state index contributed by atoms with van der Waals surface area (Å²) < 4.78 is 50.5. The van der Waals surface area contributed by atoms with Crippen molar-refractivity contribution < 1.29 is 61.3 Å². The van der Waals surface area contributed by atoms with Crippen LogP contribution in [0.2, 0.25) is 0 Å². The number of carbonyl (C=O) groups is 4. The molecular weight excluding hydrogens is 662 g/mol. The Morgan fingerprint density at radius 1 is 0.896 bits per heavy atom. The summed E-state index contributed by atoms with van der Waals surface area (Å²) in [5.74, 6) is -2.96. The molecule has 20 heteroatoms. The fourth-order valence-corrected chi connectivity index (χ4v) is 5.39. The second-order valence-corrected chi connectivity index (χ2v) is 12.6. The predicted octanol–water partition coefficient (Wildman–Crippen LogP) is -1.02. The molecule has 19 nitrogen and oxygen atoms in total. The molecule has 2 atom stereocenters. The highest BCUT2D eigenvalue weighted by atomic mass is 32.2. The Hall–Kier alpha value is -3.95. The van der Waals surface area contributed by atoms with Gasteiger partial charge in [-0.15, -0.1) is 0 Å². The molecule has 1 aliphatic carbocycles. The van der Waals surface area contributed by atoms with Crippen molar-refractivity contribution in [3.63, 3.8) is 0 Å². The summed E-state index contributed by atoms with van der Waals surface area (Å²) in [7, 11) is -3.91. The highest BCUT2D eigenvalue weighted by molar-refractivity contribution is 7.91. The van der Waals surface area contributed by atoms with Crippen LogP contribution < -0.4 is 21.7 Å². The molecule has 1 aliphatic rings. The first-order chi connectivity index (χ1) is 22.9. The molecule has 1 aromatic rings. The minimum absolute atomic E-state index is 0.0940. The number of carboxylic acid groups (broad SMARTS) is 1. The zero-order valence-electron chi connectivity index (χ0n) is 26.4. The number of ether oxygens (including phenoxy) is 5. The Kier molecular flexibility index (Phi) is 17.7. The normalized spacial score (nSPS) is 16.9. The Morgan fingerprint density at radius 2 is 1.48 bits per heavy atom. The van der Waals surface area contributed by atoms with Gasteiger partial charge >= 0.3 is 12.1 Å². The van der Waals surface area contributed by atoms with Crippen LogP contribution in [0.15, 0.2) is 29.2 Å². The van der Waals surface area contributed by atoms with Gasteiger partial charge in [-0.1, -0.05) is 0 Å². The number of rotatable bonds is 26. The van der Waals surface area contributed by atoms with Gasteiger partial charge in [0.2, 0.25) is 11.8 Å². The van der Waals surface area contributed by atoms with Gasteiger partial charge < -0.3 is 50.5 Å². The predicted molar refractivity (Wildman–Crippen MR) is 166 cm³/mol. The van der Waals surface area contributed by atoms with Gasteiger partial charge in [0.25, 0.3) is 5.69 Å². The molecule has 3 amide bonds. The van der Waals surface area contributed by atoms with Crippen molar-refractivity contribution in [1.29, 1.82) is 0 Å². The number of nitrogens with zero attached hydrogens (tertiary/aromatic N) is 1. The molecule has 1 fully saturated rings. The molecule has 1 unspecified atom stereocenters. The zero-order chi connectivity index (χ0) is 35.4. The number of aliphatic carboxylic acids is 1. The van der Waals surface area contributed by atoms with Crippen molar-refractivity contribution in [2.45, 2.75) is 29.7 Å². The third-order valence-electron chi connectivity index (χ3n) is 6.90. The van der Waals surface area contributed by atoms with Crippen LogP contribution in [-0.4, -0.2) is 133 Å². The molecule has 1 saturated carbocycles. The number of hydrogen-bond donors (Lipinski definition) is 5. The third-order valence-corrected chi connectivity index (χ3v) is 8.59. The monoisotopic (exact) mass is 705 g/mol. The molecule has 6 N–H and O–H groups in total. The van der Waals surface area contributed by atoms with E-state index in [9.17, 15) is 42.8 Å². The Balaban J connectivity index is 1.51. The first-order valence-corrected chi connectivity index (χ1v) is 16.8. The molecule has 0 spiro atoms. The fourth-order valence-electron chi connectivity index (χ4n) is 4.30. The topological polar surface area (TPSA) is 274 Å². The summed E-state index contributed by atoms with van der Waals surface area (Å²) in [5.41, 5.74) is 3.45. The lowest BCUT2D eigenvalue weighted by Gasteiger charge is -2.15. The van der Waals surface area contributed by atoms with E-state index in [4.69, 9.17) is 29.4 Å². The van der Waals surface area contributed by atoms with Crippen LogP contribution in [0.5, 0.6) is 0 Å². The molecule has 0 heterocycles. The summed E-state index contributed by atoms with van der Waals surface area (Å²) in [6.45, 7) is 1.78. The highest BCUT2D eigenvalue weighted by Crippen LogP contribution is 2.46. The smallest absolute Gasteiger partial charge is 0.408 e. The van der Waals surface area contributed by atoms with Crippen LogP contribution in [0.3, 0.4) is 0 Å². The van der Waals surface area contributed by atoms with Crippen molar-refractivity contribution in [2.75, 3.05) is 84.8 Å². The van der Waals surface area contributed by atoms with Crippen LogP contribution in [0.4, 0.5) is 10.5 Å². The molecule has 0 saturated heterocycles. The number of nitro benzene ring substituents is 1. The van der Waals surface area contributed by atoms with E-state index in [1.165, 1.54) is 0 Å². The van der Waals surface area contributed by atoms with Gasteiger partial charge in [-0.3, -0.25) is 19.7 Å². The molecule has 2 rings (SSSR count). The average molecular weight is 706 g/mol. The van der Waals surface area contributed by atoms with Crippen LogP contribution in [0.25, 0.3) is 0 Å². The average Bonchev–Trinajstić information content (AvgIpc) is 3.75. The van der Waals surface area contributed by atoms with E-state index < -0.39 is 50.6 Å². The van der Waals surface area contributed by atoms with Gasteiger partial charge in [-0.2, -0.15) is 0 Å². The minimum atomic E-state index is -3.91. The van der Waals surface area contributed by atoms with Gasteiger partial charge in [-0.05, 0) is 37.3 Å². The maximum Gasteiger partial charge on any atom is 0.408 e. The maximum absolute atomic E-state index is 12.4. The maximum atomic E-state index is 12.4. The summed E-state index contributed by atoms with van der Waals surface area (Å²) in [4.78, 5) is 57.6. The number of nitrogens with two attached hydrogens (primary N) is 1.